The van der Waals surface area contributed by atoms with Crippen molar-refractivity contribution in [2.75, 3.05) is 7.11 Å². The summed E-state index contributed by atoms with van der Waals surface area (Å²) in [6.07, 6.45) is -0.522. The number of benzene rings is 2. The van der Waals surface area contributed by atoms with E-state index in [9.17, 15) is 14.7 Å². The number of hydrogen-bond acceptors (Lipinski definition) is 5. The largest absolute Gasteiger partial charge is 0.508 e. The Kier molecular flexibility index (Phi) is 6.39. The molecule has 0 aromatic heterocycles. The van der Waals surface area contributed by atoms with Crippen molar-refractivity contribution in [1.82, 2.24) is 5.32 Å². The zero-order valence-corrected chi connectivity index (χ0v) is 14.1. The van der Waals surface area contributed by atoms with Gasteiger partial charge in [0.05, 0.1) is 7.11 Å². The van der Waals surface area contributed by atoms with E-state index in [0.29, 0.717) is 5.75 Å². The molecule has 0 bridgehead atoms. The Hall–Kier alpha value is -3.02. The molecule has 0 aliphatic rings. The molecular weight excluding hydrogens is 322 g/mol. The quantitative estimate of drug-likeness (QED) is 0.752. The van der Waals surface area contributed by atoms with Gasteiger partial charge in [0.1, 0.15) is 17.5 Å². The van der Waals surface area contributed by atoms with Crippen LogP contribution in [0.5, 0.6) is 11.5 Å². The molecule has 2 atom stereocenters. The standard InChI is InChI=1S/C19H21NO5/c1-13(25-16-6-4-3-5-7-16)18(22)20-17(19(23)24-2)12-14-8-10-15(21)11-9-14/h3-11,13,17,21H,12H2,1-2H3,(H,20,22)/t13-,17+/m0/s1. The first-order valence-electron chi connectivity index (χ1n) is 7.87. The SMILES string of the molecule is COC(=O)[C@@H](Cc1ccc(O)cc1)NC(=O)[C@H](C)Oc1ccccc1. The molecule has 0 radical (unpaired) electrons. The van der Waals surface area contributed by atoms with E-state index in [2.05, 4.69) is 5.32 Å². The Morgan fingerprint density at radius 2 is 1.72 bits per heavy atom. The fraction of sp³-hybridized carbons (Fsp3) is 0.263. The van der Waals surface area contributed by atoms with Crippen LogP contribution in [-0.2, 0) is 20.7 Å². The monoisotopic (exact) mass is 343 g/mol. The first kappa shape index (κ1) is 18.3. The molecule has 0 fully saturated rings. The molecule has 1 amide bonds. The van der Waals surface area contributed by atoms with E-state index >= 15 is 0 Å². The number of phenols is 1. The third-order valence-electron chi connectivity index (χ3n) is 3.60. The van der Waals surface area contributed by atoms with E-state index in [1.54, 1.807) is 31.2 Å². The van der Waals surface area contributed by atoms with E-state index < -0.39 is 24.0 Å². The number of methoxy groups -OCH3 is 1. The second-order valence-electron chi connectivity index (χ2n) is 5.53. The van der Waals surface area contributed by atoms with Gasteiger partial charge in [0, 0.05) is 6.42 Å². The summed E-state index contributed by atoms with van der Waals surface area (Å²) in [7, 11) is 1.27. The van der Waals surface area contributed by atoms with Crippen LogP contribution in [0.4, 0.5) is 0 Å². The topological polar surface area (TPSA) is 84.9 Å². The lowest BCUT2D eigenvalue weighted by molar-refractivity contribution is -0.145. The normalized spacial score (nSPS) is 12.7. The average molecular weight is 343 g/mol. The van der Waals surface area contributed by atoms with Crippen LogP contribution in [0.2, 0.25) is 0 Å². The van der Waals surface area contributed by atoms with Crippen molar-refractivity contribution >= 4 is 11.9 Å². The molecule has 2 rings (SSSR count). The van der Waals surface area contributed by atoms with E-state index in [0.717, 1.165) is 5.56 Å². The summed E-state index contributed by atoms with van der Waals surface area (Å²) in [5, 5.41) is 12.0. The van der Waals surface area contributed by atoms with Crippen molar-refractivity contribution in [2.45, 2.75) is 25.5 Å². The number of para-hydroxylation sites is 1. The van der Waals surface area contributed by atoms with Crippen molar-refractivity contribution in [3.63, 3.8) is 0 Å². The van der Waals surface area contributed by atoms with Crippen LogP contribution >= 0.6 is 0 Å². The molecule has 0 saturated heterocycles. The number of phenolic OH excluding ortho intramolecular Hbond substituents is 1. The maximum absolute atomic E-state index is 12.3. The summed E-state index contributed by atoms with van der Waals surface area (Å²) in [6, 6.07) is 14.5. The van der Waals surface area contributed by atoms with Crippen LogP contribution in [0.15, 0.2) is 54.6 Å². The molecule has 2 aromatic rings. The summed E-state index contributed by atoms with van der Waals surface area (Å²) in [4.78, 5) is 24.3. The zero-order valence-electron chi connectivity index (χ0n) is 14.1. The van der Waals surface area contributed by atoms with Crippen LogP contribution in [-0.4, -0.2) is 36.2 Å². The minimum absolute atomic E-state index is 0.132. The lowest BCUT2D eigenvalue weighted by Gasteiger charge is -2.20. The van der Waals surface area contributed by atoms with Gasteiger partial charge < -0.3 is 19.9 Å². The molecule has 0 aliphatic carbocycles. The lowest BCUT2D eigenvalue weighted by atomic mass is 10.1. The number of carbonyl (C=O) groups excluding carboxylic acids is 2. The minimum atomic E-state index is -0.844. The second kappa shape index (κ2) is 8.73. The van der Waals surface area contributed by atoms with Gasteiger partial charge in [-0.1, -0.05) is 30.3 Å². The highest BCUT2D eigenvalue weighted by Crippen LogP contribution is 2.13. The van der Waals surface area contributed by atoms with Gasteiger partial charge in [-0.05, 0) is 36.8 Å². The zero-order chi connectivity index (χ0) is 18.2. The van der Waals surface area contributed by atoms with Gasteiger partial charge >= 0.3 is 5.97 Å². The van der Waals surface area contributed by atoms with E-state index in [4.69, 9.17) is 9.47 Å². The number of nitrogens with one attached hydrogen (secondary N) is 1. The van der Waals surface area contributed by atoms with Crippen LogP contribution in [0.3, 0.4) is 0 Å². The van der Waals surface area contributed by atoms with Crippen molar-refractivity contribution in [3.8, 4) is 11.5 Å². The highest BCUT2D eigenvalue weighted by atomic mass is 16.5. The fourth-order valence-electron chi connectivity index (χ4n) is 2.25. The third-order valence-corrected chi connectivity index (χ3v) is 3.60. The molecule has 132 valence electrons. The minimum Gasteiger partial charge on any atom is -0.508 e. The predicted molar refractivity (Wildman–Crippen MR) is 92.3 cm³/mol. The summed E-state index contributed by atoms with van der Waals surface area (Å²) in [6.45, 7) is 1.61. The second-order valence-corrected chi connectivity index (χ2v) is 5.53. The third kappa shape index (κ3) is 5.53. The number of esters is 1. The molecular formula is C19H21NO5. The van der Waals surface area contributed by atoms with Crippen LogP contribution in [0, 0.1) is 0 Å². The highest BCUT2D eigenvalue weighted by molar-refractivity contribution is 5.87. The maximum atomic E-state index is 12.3. The Morgan fingerprint density at radius 1 is 1.08 bits per heavy atom. The highest BCUT2D eigenvalue weighted by Gasteiger charge is 2.25. The van der Waals surface area contributed by atoms with Crippen LogP contribution in [0.25, 0.3) is 0 Å². The van der Waals surface area contributed by atoms with Gasteiger partial charge in [-0.25, -0.2) is 4.79 Å². The molecule has 6 nitrogen and oxygen atoms in total. The number of hydrogen-bond donors (Lipinski definition) is 2. The Balaban J connectivity index is 2.01. The fourth-order valence-corrected chi connectivity index (χ4v) is 2.25. The van der Waals surface area contributed by atoms with Gasteiger partial charge in [0.2, 0.25) is 0 Å². The van der Waals surface area contributed by atoms with Crippen LogP contribution < -0.4 is 10.1 Å². The first-order valence-corrected chi connectivity index (χ1v) is 7.87. The van der Waals surface area contributed by atoms with E-state index in [-0.39, 0.29) is 12.2 Å². The lowest BCUT2D eigenvalue weighted by Crippen LogP contribution is -2.47. The summed E-state index contributed by atoms with van der Waals surface area (Å²) < 4.78 is 10.3. The van der Waals surface area contributed by atoms with E-state index in [1.807, 2.05) is 18.2 Å². The Labute approximate surface area is 146 Å². The average Bonchev–Trinajstić information content (AvgIpc) is 2.63. The predicted octanol–water partition coefficient (Wildman–Crippen LogP) is 2.06. The van der Waals surface area contributed by atoms with Gasteiger partial charge in [-0.15, -0.1) is 0 Å². The number of aromatic hydroxyl groups is 1. The maximum Gasteiger partial charge on any atom is 0.328 e. The van der Waals surface area contributed by atoms with Crippen molar-refractivity contribution in [3.05, 3.63) is 60.2 Å². The smallest absolute Gasteiger partial charge is 0.328 e. The molecule has 6 heteroatoms. The number of ether oxygens (including phenoxy) is 2. The van der Waals surface area contributed by atoms with Gasteiger partial charge in [-0.2, -0.15) is 0 Å². The summed E-state index contributed by atoms with van der Waals surface area (Å²) in [5.74, 6) is -0.267. The summed E-state index contributed by atoms with van der Waals surface area (Å²) in [5.41, 5.74) is 0.783. The molecule has 0 aliphatic heterocycles. The van der Waals surface area contributed by atoms with Gasteiger partial charge in [-0.3, -0.25) is 4.79 Å². The molecule has 0 heterocycles. The molecule has 25 heavy (non-hydrogen) atoms. The molecule has 0 unspecified atom stereocenters. The number of amides is 1. The molecule has 2 aromatic carbocycles. The number of carbonyl (C=O) groups is 2. The van der Waals surface area contributed by atoms with Gasteiger partial charge in [0.15, 0.2) is 6.10 Å². The molecule has 2 N–H and O–H groups in total. The number of rotatable bonds is 7. The Bertz CT molecular complexity index is 700. The van der Waals surface area contributed by atoms with Gasteiger partial charge in [0.25, 0.3) is 5.91 Å². The van der Waals surface area contributed by atoms with Crippen molar-refractivity contribution in [2.24, 2.45) is 0 Å². The first-order chi connectivity index (χ1) is 12.0. The molecule has 0 saturated carbocycles. The van der Waals surface area contributed by atoms with Crippen LogP contribution in [0.1, 0.15) is 12.5 Å². The van der Waals surface area contributed by atoms with E-state index in [1.165, 1.54) is 19.2 Å². The van der Waals surface area contributed by atoms with Crippen molar-refractivity contribution < 1.29 is 24.2 Å². The summed E-state index contributed by atoms with van der Waals surface area (Å²) >= 11 is 0. The Morgan fingerprint density at radius 3 is 2.32 bits per heavy atom. The van der Waals surface area contributed by atoms with Crippen molar-refractivity contribution in [1.29, 1.82) is 0 Å². The molecule has 0 spiro atoms.